The van der Waals surface area contributed by atoms with Crippen molar-refractivity contribution in [2.45, 2.75) is 31.7 Å². The van der Waals surface area contributed by atoms with Crippen molar-refractivity contribution in [1.29, 1.82) is 0 Å². The fourth-order valence-corrected chi connectivity index (χ4v) is 2.39. The average molecular weight is 241 g/mol. The van der Waals surface area contributed by atoms with E-state index >= 15 is 0 Å². The first-order valence-corrected chi connectivity index (χ1v) is 6.54. The first kappa shape index (κ1) is 13.3. The average Bonchev–Trinajstić information content (AvgIpc) is 2.16. The van der Waals surface area contributed by atoms with E-state index in [0.29, 0.717) is 27.7 Å². The first-order chi connectivity index (χ1) is 7.44. The Morgan fingerprint density at radius 2 is 2.00 bits per heavy atom. The third-order valence-corrected chi connectivity index (χ3v) is 4.03. The SMILES string of the molecule is CC(C)(CCc1ccc(F)cc1F)[Si]CN. The molecule has 1 aromatic carbocycles. The third kappa shape index (κ3) is 4.02. The summed E-state index contributed by atoms with van der Waals surface area (Å²) in [6.45, 7) is 4.25. The lowest BCUT2D eigenvalue weighted by Crippen LogP contribution is -2.22. The van der Waals surface area contributed by atoms with Crippen LogP contribution in [-0.2, 0) is 6.42 Å². The molecular formula is C12H17F2NSi. The van der Waals surface area contributed by atoms with Gasteiger partial charge < -0.3 is 5.73 Å². The van der Waals surface area contributed by atoms with Crippen LogP contribution in [0.2, 0.25) is 5.04 Å². The van der Waals surface area contributed by atoms with Crippen LogP contribution < -0.4 is 5.73 Å². The summed E-state index contributed by atoms with van der Waals surface area (Å²) in [4.78, 5) is 0. The maximum absolute atomic E-state index is 13.3. The number of rotatable bonds is 5. The highest BCUT2D eigenvalue weighted by Gasteiger charge is 2.18. The Hall–Kier alpha value is -0.743. The molecule has 0 aliphatic carbocycles. The molecule has 88 valence electrons. The molecule has 0 unspecified atom stereocenters. The van der Waals surface area contributed by atoms with Gasteiger partial charge in [-0.1, -0.05) is 19.9 Å². The minimum atomic E-state index is -0.524. The minimum absolute atomic E-state index is 0.135. The van der Waals surface area contributed by atoms with Gasteiger partial charge in [0.2, 0.25) is 0 Å². The highest BCUT2D eigenvalue weighted by Crippen LogP contribution is 2.29. The molecular weight excluding hydrogens is 224 g/mol. The van der Waals surface area contributed by atoms with E-state index in [1.165, 1.54) is 12.1 Å². The molecule has 1 nitrogen and oxygen atoms in total. The van der Waals surface area contributed by atoms with Gasteiger partial charge in [0, 0.05) is 6.07 Å². The fourth-order valence-electron chi connectivity index (χ4n) is 1.54. The molecule has 0 bridgehead atoms. The van der Waals surface area contributed by atoms with Crippen LogP contribution in [-0.4, -0.2) is 15.7 Å². The zero-order valence-corrected chi connectivity index (χ0v) is 10.7. The predicted molar refractivity (Wildman–Crippen MR) is 63.5 cm³/mol. The maximum Gasteiger partial charge on any atom is 0.129 e. The molecule has 0 atom stereocenters. The molecule has 4 heteroatoms. The first-order valence-electron chi connectivity index (χ1n) is 5.33. The Morgan fingerprint density at radius 3 is 2.56 bits per heavy atom. The Balaban J connectivity index is 2.61. The Bertz CT molecular complexity index is 353. The third-order valence-electron chi connectivity index (χ3n) is 2.62. The second-order valence-electron chi connectivity index (χ2n) is 4.50. The zero-order valence-electron chi connectivity index (χ0n) is 9.69. The van der Waals surface area contributed by atoms with Crippen molar-refractivity contribution in [3.63, 3.8) is 0 Å². The summed E-state index contributed by atoms with van der Waals surface area (Å²) in [5.74, 6) is -0.976. The molecule has 0 aliphatic rings. The Morgan fingerprint density at radius 1 is 1.31 bits per heavy atom. The van der Waals surface area contributed by atoms with Crippen molar-refractivity contribution in [2.75, 3.05) is 6.17 Å². The van der Waals surface area contributed by atoms with E-state index < -0.39 is 11.6 Å². The van der Waals surface area contributed by atoms with E-state index in [1.807, 2.05) is 0 Å². The molecule has 1 rings (SSSR count). The lowest BCUT2D eigenvalue weighted by molar-refractivity contribution is 0.551. The molecule has 0 heterocycles. The van der Waals surface area contributed by atoms with Crippen molar-refractivity contribution >= 4 is 9.52 Å². The van der Waals surface area contributed by atoms with E-state index in [9.17, 15) is 8.78 Å². The van der Waals surface area contributed by atoms with Crippen LogP contribution in [0, 0.1) is 11.6 Å². The lowest BCUT2D eigenvalue weighted by Gasteiger charge is -2.22. The number of halogens is 2. The molecule has 0 amide bonds. The van der Waals surface area contributed by atoms with Gasteiger partial charge in [0.25, 0.3) is 0 Å². The molecule has 0 fully saturated rings. The summed E-state index contributed by atoms with van der Waals surface area (Å²) in [5, 5.41) is 0.135. The summed E-state index contributed by atoms with van der Waals surface area (Å²) >= 11 is 0. The minimum Gasteiger partial charge on any atom is -0.334 e. The molecule has 0 spiro atoms. The van der Waals surface area contributed by atoms with Crippen molar-refractivity contribution in [1.82, 2.24) is 0 Å². The number of benzene rings is 1. The molecule has 16 heavy (non-hydrogen) atoms. The van der Waals surface area contributed by atoms with Gasteiger partial charge in [0.1, 0.15) is 11.6 Å². The van der Waals surface area contributed by atoms with E-state index in [2.05, 4.69) is 13.8 Å². The van der Waals surface area contributed by atoms with Crippen LogP contribution in [0.25, 0.3) is 0 Å². The van der Waals surface area contributed by atoms with Crippen LogP contribution in [0.4, 0.5) is 8.78 Å². The van der Waals surface area contributed by atoms with Gasteiger partial charge in [-0.3, -0.25) is 0 Å². The van der Waals surface area contributed by atoms with Crippen molar-refractivity contribution < 1.29 is 8.78 Å². The van der Waals surface area contributed by atoms with Crippen LogP contribution in [0.5, 0.6) is 0 Å². The maximum atomic E-state index is 13.3. The molecule has 0 aliphatic heterocycles. The fraction of sp³-hybridized carbons (Fsp3) is 0.500. The summed E-state index contributed by atoms with van der Waals surface area (Å²) in [6.07, 6.45) is 2.16. The molecule has 0 saturated heterocycles. The van der Waals surface area contributed by atoms with Gasteiger partial charge in [0.05, 0.1) is 9.52 Å². The van der Waals surface area contributed by atoms with E-state index in [1.54, 1.807) is 0 Å². The molecule has 0 aromatic heterocycles. The monoisotopic (exact) mass is 241 g/mol. The number of hydrogen-bond acceptors (Lipinski definition) is 1. The zero-order chi connectivity index (χ0) is 12.2. The highest BCUT2D eigenvalue weighted by molar-refractivity contribution is 6.39. The van der Waals surface area contributed by atoms with E-state index in [-0.39, 0.29) is 5.04 Å². The highest BCUT2D eigenvalue weighted by atomic mass is 28.2. The van der Waals surface area contributed by atoms with Crippen molar-refractivity contribution in [3.05, 3.63) is 35.4 Å². The summed E-state index contributed by atoms with van der Waals surface area (Å²) < 4.78 is 26.0. The lowest BCUT2D eigenvalue weighted by atomic mass is 10.0. The van der Waals surface area contributed by atoms with Gasteiger partial charge in [-0.25, -0.2) is 8.78 Å². The molecule has 1 aromatic rings. The van der Waals surface area contributed by atoms with Crippen LogP contribution >= 0.6 is 0 Å². The Labute approximate surface area is 97.9 Å². The van der Waals surface area contributed by atoms with Crippen molar-refractivity contribution in [2.24, 2.45) is 5.73 Å². The Kier molecular flexibility index (Phi) is 4.62. The summed E-state index contributed by atoms with van der Waals surface area (Å²) in [6, 6.07) is 3.76. The molecule has 0 saturated carbocycles. The van der Waals surface area contributed by atoms with Gasteiger partial charge in [-0.2, -0.15) is 0 Å². The topological polar surface area (TPSA) is 26.0 Å². The summed E-state index contributed by atoms with van der Waals surface area (Å²) in [7, 11) is 0.669. The van der Waals surface area contributed by atoms with Gasteiger partial charge in [-0.15, -0.1) is 0 Å². The molecule has 2 N–H and O–H groups in total. The normalized spacial score (nSPS) is 11.8. The van der Waals surface area contributed by atoms with Crippen molar-refractivity contribution in [3.8, 4) is 0 Å². The predicted octanol–water partition coefficient (Wildman–Crippen LogP) is 2.72. The van der Waals surface area contributed by atoms with Gasteiger partial charge in [0.15, 0.2) is 0 Å². The molecule has 2 radical (unpaired) electrons. The van der Waals surface area contributed by atoms with Crippen LogP contribution in [0.15, 0.2) is 18.2 Å². The van der Waals surface area contributed by atoms with Gasteiger partial charge in [-0.05, 0) is 35.7 Å². The second kappa shape index (κ2) is 5.55. The quantitative estimate of drug-likeness (QED) is 0.788. The van der Waals surface area contributed by atoms with Gasteiger partial charge >= 0.3 is 0 Å². The smallest absolute Gasteiger partial charge is 0.129 e. The second-order valence-corrected chi connectivity index (χ2v) is 6.62. The summed E-state index contributed by atoms with van der Waals surface area (Å²) in [5.41, 5.74) is 6.10. The standard InChI is InChI=1S/C12H17F2NSi/c1-12(2,16-8-15)6-5-9-3-4-10(13)7-11(9)14/h3-4,7H,5-6,8,15H2,1-2H3. The largest absolute Gasteiger partial charge is 0.334 e. The van der Waals surface area contributed by atoms with E-state index in [4.69, 9.17) is 5.73 Å². The van der Waals surface area contributed by atoms with Crippen LogP contribution in [0.3, 0.4) is 0 Å². The number of aryl methyl sites for hydroxylation is 1. The number of hydrogen-bond donors (Lipinski definition) is 1. The van der Waals surface area contributed by atoms with E-state index in [0.717, 1.165) is 12.5 Å². The van der Waals surface area contributed by atoms with Crippen LogP contribution in [0.1, 0.15) is 25.8 Å². The number of nitrogens with two attached hydrogens (primary N) is 1.